The number of H-pyrrole nitrogens is 1. The van der Waals surface area contributed by atoms with Gasteiger partial charge in [0, 0.05) is 45.7 Å². The Hall–Kier alpha value is -4.27. The molecule has 5 rings (SSSR count). The lowest BCUT2D eigenvalue weighted by atomic mass is 10.0. The third-order valence-corrected chi connectivity index (χ3v) is 6.73. The monoisotopic (exact) mass is 563 g/mol. The van der Waals surface area contributed by atoms with Crippen molar-refractivity contribution < 1.29 is 14.3 Å². The van der Waals surface area contributed by atoms with Crippen LogP contribution in [0.1, 0.15) is 28.6 Å². The number of halogens is 3. The molecular formula is C29H24Cl2FN5O2. The number of hydrogen-bond acceptors (Lipinski definition) is 4. The highest BCUT2D eigenvalue weighted by Crippen LogP contribution is 2.35. The van der Waals surface area contributed by atoms with Crippen molar-refractivity contribution in [2.45, 2.75) is 19.0 Å². The number of allylic oxidation sites excluding steroid dienone is 1. The molecule has 7 nitrogen and oxygen atoms in total. The Kier molecular flexibility index (Phi) is 7.58. The number of imidazole rings is 1. The summed E-state index contributed by atoms with van der Waals surface area (Å²) in [5.41, 5.74) is 4.26. The number of anilines is 1. The molecule has 10 heteroatoms. The maximum atomic E-state index is 14.1. The number of aromatic nitrogens is 2. The van der Waals surface area contributed by atoms with Gasteiger partial charge in [-0.25, -0.2) is 14.2 Å². The van der Waals surface area contributed by atoms with Crippen molar-refractivity contribution in [1.82, 2.24) is 20.6 Å². The number of urea groups is 1. The summed E-state index contributed by atoms with van der Waals surface area (Å²) in [4.78, 5) is 20.7. The Morgan fingerprint density at radius 1 is 1.10 bits per heavy atom. The van der Waals surface area contributed by atoms with Crippen LogP contribution in [0.2, 0.25) is 10.2 Å². The fourth-order valence-electron chi connectivity index (χ4n) is 4.32. The molecule has 0 fully saturated rings. The van der Waals surface area contributed by atoms with Gasteiger partial charge in [0.25, 0.3) is 0 Å². The molecule has 0 spiro atoms. The summed E-state index contributed by atoms with van der Waals surface area (Å²) in [5, 5.41) is 19.8. The summed E-state index contributed by atoms with van der Waals surface area (Å²) < 4.78 is 14.1. The molecule has 0 saturated heterocycles. The van der Waals surface area contributed by atoms with Crippen molar-refractivity contribution in [3.63, 3.8) is 0 Å². The second-order valence-electron chi connectivity index (χ2n) is 9.03. The van der Waals surface area contributed by atoms with Crippen LogP contribution < -0.4 is 16.0 Å². The Morgan fingerprint density at radius 2 is 1.90 bits per heavy atom. The van der Waals surface area contributed by atoms with Crippen molar-refractivity contribution in [2.24, 2.45) is 0 Å². The number of nitrogens with zero attached hydrogens (tertiary/aromatic N) is 1. The number of benzene rings is 3. The van der Waals surface area contributed by atoms with E-state index in [-0.39, 0.29) is 23.0 Å². The fourth-order valence-corrected chi connectivity index (χ4v) is 4.76. The van der Waals surface area contributed by atoms with Gasteiger partial charge >= 0.3 is 6.03 Å². The number of hydrogen-bond donors (Lipinski definition) is 5. The van der Waals surface area contributed by atoms with Gasteiger partial charge in [0.1, 0.15) is 28.2 Å². The van der Waals surface area contributed by atoms with Crippen LogP contribution in [0, 0.1) is 5.82 Å². The molecule has 0 aliphatic carbocycles. The standard InChI is InChI=1S/C29H24Cl2FN5O2/c1-16-11-25(38)21-14-18(7-10-23(21)34-16)26-27(31)37-28(36-26)24(12-17-5-3-2-4-6-17)35-29(39)33-15-19-13-20(30)8-9-22(19)32/h2-11,13-14,24,34,38H,1,12,15H2,(H,36,37)(H2,33,35,39)/t24-/m0/s1. The lowest BCUT2D eigenvalue weighted by Crippen LogP contribution is -2.39. The van der Waals surface area contributed by atoms with Gasteiger partial charge in [-0.15, -0.1) is 0 Å². The normalized spacial score (nSPS) is 13.2. The number of nitrogens with one attached hydrogen (secondary N) is 4. The highest BCUT2D eigenvalue weighted by molar-refractivity contribution is 6.32. The summed E-state index contributed by atoms with van der Waals surface area (Å²) in [6, 6.07) is 18.1. The zero-order valence-corrected chi connectivity index (χ0v) is 22.1. The number of fused-ring (bicyclic) bond motifs is 1. The highest BCUT2D eigenvalue weighted by Gasteiger charge is 2.23. The lowest BCUT2D eigenvalue weighted by molar-refractivity contribution is 0.236. The topological polar surface area (TPSA) is 102 Å². The lowest BCUT2D eigenvalue weighted by Gasteiger charge is -2.18. The van der Waals surface area contributed by atoms with Gasteiger partial charge < -0.3 is 26.0 Å². The van der Waals surface area contributed by atoms with Crippen LogP contribution in [0.25, 0.3) is 17.0 Å². The van der Waals surface area contributed by atoms with E-state index < -0.39 is 17.9 Å². The van der Waals surface area contributed by atoms with Crippen molar-refractivity contribution in [3.05, 3.63) is 124 Å². The van der Waals surface area contributed by atoms with Gasteiger partial charge in [0.15, 0.2) is 0 Å². The third-order valence-electron chi connectivity index (χ3n) is 6.22. The van der Waals surface area contributed by atoms with Gasteiger partial charge in [-0.2, -0.15) is 0 Å². The number of aromatic amines is 1. The van der Waals surface area contributed by atoms with Crippen molar-refractivity contribution in [2.75, 3.05) is 5.32 Å². The predicted molar refractivity (Wildman–Crippen MR) is 152 cm³/mol. The van der Waals surface area contributed by atoms with Gasteiger partial charge in [0.05, 0.1) is 6.04 Å². The average molecular weight is 564 g/mol. The minimum atomic E-state index is -0.584. The molecule has 2 amide bonds. The number of aliphatic hydroxyl groups is 1. The number of rotatable bonds is 7. The molecule has 0 saturated carbocycles. The molecule has 39 heavy (non-hydrogen) atoms. The first kappa shape index (κ1) is 26.3. The molecule has 0 radical (unpaired) electrons. The molecule has 198 valence electrons. The Balaban J connectivity index is 1.40. The van der Waals surface area contributed by atoms with E-state index in [9.17, 15) is 14.3 Å². The van der Waals surface area contributed by atoms with E-state index in [4.69, 9.17) is 28.2 Å². The summed E-state index contributed by atoms with van der Waals surface area (Å²) in [6.07, 6.45) is 1.96. The van der Waals surface area contributed by atoms with E-state index in [0.29, 0.717) is 45.5 Å². The molecule has 1 atom stereocenters. The molecule has 5 N–H and O–H groups in total. The van der Waals surface area contributed by atoms with Gasteiger partial charge in [-0.1, -0.05) is 66.2 Å². The first-order chi connectivity index (χ1) is 18.8. The summed E-state index contributed by atoms with van der Waals surface area (Å²) in [7, 11) is 0. The first-order valence-corrected chi connectivity index (χ1v) is 12.8. The quantitative estimate of drug-likeness (QED) is 0.165. The first-order valence-electron chi connectivity index (χ1n) is 12.1. The van der Waals surface area contributed by atoms with Crippen LogP contribution in [0.4, 0.5) is 14.9 Å². The number of carbonyl (C=O) groups excluding carboxylic acids is 1. The van der Waals surface area contributed by atoms with Gasteiger partial charge in [-0.3, -0.25) is 0 Å². The molecule has 1 aliphatic heterocycles. The van der Waals surface area contributed by atoms with Crippen molar-refractivity contribution >= 4 is 40.7 Å². The van der Waals surface area contributed by atoms with Crippen LogP contribution in [0.15, 0.2) is 85.1 Å². The summed E-state index contributed by atoms with van der Waals surface area (Å²) >= 11 is 12.5. The molecule has 1 aromatic heterocycles. The zero-order valence-electron chi connectivity index (χ0n) is 20.6. The molecule has 1 aliphatic rings. The van der Waals surface area contributed by atoms with Crippen LogP contribution in [-0.4, -0.2) is 21.1 Å². The minimum Gasteiger partial charge on any atom is -0.507 e. The maximum absolute atomic E-state index is 14.1. The zero-order chi connectivity index (χ0) is 27.5. The smallest absolute Gasteiger partial charge is 0.315 e. The molecule has 2 heterocycles. The van der Waals surface area contributed by atoms with Crippen LogP contribution in [0.5, 0.6) is 0 Å². The molecule has 4 aromatic rings. The Morgan fingerprint density at radius 3 is 2.69 bits per heavy atom. The number of carbonyl (C=O) groups is 1. The molecule has 0 bridgehead atoms. The second kappa shape index (κ2) is 11.2. The Bertz CT molecular complexity index is 1590. The Labute approximate surface area is 234 Å². The van der Waals surface area contributed by atoms with Crippen molar-refractivity contribution in [1.29, 1.82) is 0 Å². The second-order valence-corrected chi connectivity index (χ2v) is 9.84. The molecule has 0 unspecified atom stereocenters. The molecule has 3 aromatic carbocycles. The van der Waals surface area contributed by atoms with E-state index in [1.54, 1.807) is 6.07 Å². The van der Waals surface area contributed by atoms with E-state index in [1.165, 1.54) is 24.3 Å². The van der Waals surface area contributed by atoms with Crippen LogP contribution in [-0.2, 0) is 13.0 Å². The fraction of sp³-hybridized carbons (Fsp3) is 0.103. The SMILES string of the molecule is C=C1C=C(O)c2cc(-c3nc([C@H](Cc4ccccc4)NC(=O)NCc4cc(Cl)ccc4F)[nH]c3Cl)ccc2N1. The largest absolute Gasteiger partial charge is 0.507 e. The van der Waals surface area contributed by atoms with Crippen LogP contribution in [0.3, 0.4) is 0 Å². The molecular weight excluding hydrogens is 540 g/mol. The van der Waals surface area contributed by atoms with E-state index in [2.05, 4.69) is 27.5 Å². The summed E-state index contributed by atoms with van der Waals surface area (Å²) in [6.45, 7) is 3.78. The van der Waals surface area contributed by atoms with E-state index >= 15 is 0 Å². The number of aliphatic hydroxyl groups excluding tert-OH is 1. The van der Waals surface area contributed by atoms with Crippen molar-refractivity contribution in [3.8, 4) is 11.3 Å². The summed E-state index contributed by atoms with van der Waals surface area (Å²) in [5.74, 6) is 0.0549. The van der Waals surface area contributed by atoms with Gasteiger partial charge in [-0.05, 0) is 42.3 Å². The van der Waals surface area contributed by atoms with E-state index in [1.807, 2.05) is 42.5 Å². The average Bonchev–Trinajstić information content (AvgIpc) is 3.30. The van der Waals surface area contributed by atoms with E-state index in [0.717, 1.165) is 5.56 Å². The number of amides is 2. The predicted octanol–water partition coefficient (Wildman–Crippen LogP) is 7.14. The minimum absolute atomic E-state index is 0.0486. The van der Waals surface area contributed by atoms with Gasteiger partial charge in [0.2, 0.25) is 0 Å². The highest BCUT2D eigenvalue weighted by atomic mass is 35.5. The maximum Gasteiger partial charge on any atom is 0.315 e. The van der Waals surface area contributed by atoms with Crippen LogP contribution >= 0.6 is 23.2 Å². The third kappa shape index (κ3) is 6.08.